The smallest absolute Gasteiger partial charge is 0.317 e. The molecule has 288 valence electrons. The number of rotatable bonds is 10. The normalized spacial score (nSPS) is 11.7. The summed E-state index contributed by atoms with van der Waals surface area (Å²) >= 11 is 0. The summed E-state index contributed by atoms with van der Waals surface area (Å²) in [7, 11) is 1.23. The van der Waals surface area contributed by atoms with Gasteiger partial charge in [0.1, 0.15) is 25.4 Å². The summed E-state index contributed by atoms with van der Waals surface area (Å²) in [6.45, 7) is 0.0706. The Kier molecular flexibility index (Phi) is 10.2. The fourth-order valence-electron chi connectivity index (χ4n) is 7.53. The molecule has 2 aliphatic heterocycles. The van der Waals surface area contributed by atoms with Gasteiger partial charge in [0.2, 0.25) is 0 Å². The number of ether oxygens (including phenoxy) is 3. The van der Waals surface area contributed by atoms with Crippen molar-refractivity contribution in [1.82, 2.24) is 19.9 Å². The quantitative estimate of drug-likeness (QED) is 0.0806. The number of aromatic amines is 2. The van der Waals surface area contributed by atoms with E-state index in [1.54, 1.807) is 0 Å². The van der Waals surface area contributed by atoms with Gasteiger partial charge in [0.25, 0.3) is 0 Å². The van der Waals surface area contributed by atoms with Crippen LogP contribution in [0.3, 0.4) is 0 Å². The fraction of sp³-hybridized carbons (Fsp3) is 0.0800. The van der Waals surface area contributed by atoms with Gasteiger partial charge < -0.3 is 24.2 Å². The van der Waals surface area contributed by atoms with Crippen LogP contribution in [0.4, 0.5) is 0 Å². The SMILES string of the molecule is COC(=O)CC(=O)OCCOc1cccc(-c2c3nc(c(-c4ccccc4)c4ccc([nH]4)c(-c4ccccc4)c4nc(c(-c5ccccc5)c5ccc2[nH]5)C=C4)C=C3)c1. The van der Waals surface area contributed by atoms with Gasteiger partial charge in [-0.1, -0.05) is 103 Å². The van der Waals surface area contributed by atoms with E-state index in [4.69, 9.17) is 19.4 Å². The third-order valence-electron chi connectivity index (χ3n) is 10.2. The van der Waals surface area contributed by atoms with Gasteiger partial charge in [-0.2, -0.15) is 0 Å². The Morgan fingerprint density at radius 1 is 0.475 bits per heavy atom. The molecule has 4 aromatic carbocycles. The van der Waals surface area contributed by atoms with Gasteiger partial charge in [0.15, 0.2) is 0 Å². The largest absolute Gasteiger partial charge is 0.490 e. The van der Waals surface area contributed by atoms with Crippen LogP contribution in [-0.2, 0) is 19.1 Å². The Hall–Kier alpha value is -7.78. The minimum Gasteiger partial charge on any atom is -0.490 e. The molecule has 9 heteroatoms. The number of H-pyrrole nitrogens is 2. The number of carbonyl (C=O) groups is 2. The van der Waals surface area contributed by atoms with Gasteiger partial charge in [-0.25, -0.2) is 9.97 Å². The highest BCUT2D eigenvalue weighted by Crippen LogP contribution is 2.38. The molecule has 0 unspecified atom stereocenters. The summed E-state index contributed by atoms with van der Waals surface area (Å²) in [4.78, 5) is 41.7. The van der Waals surface area contributed by atoms with Crippen LogP contribution in [-0.4, -0.2) is 52.2 Å². The van der Waals surface area contributed by atoms with E-state index in [0.29, 0.717) is 5.75 Å². The maximum absolute atomic E-state index is 12.0. The van der Waals surface area contributed by atoms with Gasteiger partial charge in [-0.15, -0.1) is 0 Å². The zero-order valence-corrected chi connectivity index (χ0v) is 32.1. The van der Waals surface area contributed by atoms with Crippen molar-refractivity contribution in [2.24, 2.45) is 0 Å². The van der Waals surface area contributed by atoms with E-state index in [9.17, 15) is 9.59 Å². The van der Waals surface area contributed by atoms with Crippen molar-refractivity contribution < 1.29 is 23.8 Å². The third kappa shape index (κ3) is 7.69. The molecule has 59 heavy (non-hydrogen) atoms. The summed E-state index contributed by atoms with van der Waals surface area (Å²) in [5.41, 5.74) is 14.6. The van der Waals surface area contributed by atoms with E-state index in [2.05, 4.69) is 112 Å². The second-order valence-electron chi connectivity index (χ2n) is 14.0. The molecule has 0 radical (unpaired) electrons. The number of hydrogen-bond donors (Lipinski definition) is 2. The Balaban J connectivity index is 1.28. The Morgan fingerprint density at radius 2 is 0.881 bits per heavy atom. The van der Waals surface area contributed by atoms with Crippen LogP contribution in [0.15, 0.2) is 140 Å². The van der Waals surface area contributed by atoms with E-state index < -0.39 is 18.4 Å². The molecule has 5 heterocycles. The summed E-state index contributed by atoms with van der Waals surface area (Å²) in [6, 6.07) is 47.1. The summed E-state index contributed by atoms with van der Waals surface area (Å²) in [6.07, 6.45) is 7.85. The molecule has 0 fully saturated rings. The molecule has 2 aliphatic rings. The highest BCUT2D eigenvalue weighted by atomic mass is 16.6. The summed E-state index contributed by atoms with van der Waals surface area (Å²) < 4.78 is 15.8. The molecule has 0 atom stereocenters. The van der Waals surface area contributed by atoms with Crippen LogP contribution >= 0.6 is 0 Å². The molecule has 2 N–H and O–H groups in total. The molecule has 0 spiro atoms. The van der Waals surface area contributed by atoms with Crippen molar-refractivity contribution in [1.29, 1.82) is 0 Å². The second kappa shape index (κ2) is 16.4. The van der Waals surface area contributed by atoms with Crippen molar-refractivity contribution >= 4 is 58.3 Å². The van der Waals surface area contributed by atoms with E-state index >= 15 is 0 Å². The van der Waals surface area contributed by atoms with Crippen LogP contribution in [0.1, 0.15) is 29.2 Å². The van der Waals surface area contributed by atoms with Gasteiger partial charge in [-0.3, -0.25) is 9.59 Å². The first kappa shape index (κ1) is 36.8. The molecule has 9 nitrogen and oxygen atoms in total. The fourth-order valence-corrected chi connectivity index (χ4v) is 7.53. The Morgan fingerprint density at radius 3 is 1.31 bits per heavy atom. The van der Waals surface area contributed by atoms with Crippen LogP contribution in [0.5, 0.6) is 5.75 Å². The van der Waals surface area contributed by atoms with E-state index in [-0.39, 0.29) is 13.2 Å². The second-order valence-corrected chi connectivity index (χ2v) is 14.0. The van der Waals surface area contributed by atoms with Crippen LogP contribution in [0.2, 0.25) is 0 Å². The number of fused-ring (bicyclic) bond motifs is 8. The van der Waals surface area contributed by atoms with Crippen molar-refractivity contribution in [2.45, 2.75) is 6.42 Å². The van der Waals surface area contributed by atoms with E-state index in [1.807, 2.05) is 66.7 Å². The lowest BCUT2D eigenvalue weighted by atomic mass is 10.0. The van der Waals surface area contributed by atoms with Gasteiger partial charge >= 0.3 is 11.9 Å². The van der Waals surface area contributed by atoms with Crippen LogP contribution < -0.4 is 4.74 Å². The molecule has 0 aliphatic carbocycles. The molecule has 0 amide bonds. The van der Waals surface area contributed by atoms with Crippen molar-refractivity contribution in [3.8, 4) is 50.3 Å². The maximum atomic E-state index is 12.0. The maximum Gasteiger partial charge on any atom is 0.317 e. The first-order chi connectivity index (χ1) is 29.0. The van der Waals surface area contributed by atoms with Crippen molar-refractivity contribution in [3.63, 3.8) is 0 Å². The van der Waals surface area contributed by atoms with Gasteiger partial charge in [0.05, 0.1) is 29.9 Å². The highest BCUT2D eigenvalue weighted by molar-refractivity contribution is 6.00. The number of nitrogens with one attached hydrogen (secondary N) is 2. The number of hydrogen-bond acceptors (Lipinski definition) is 7. The number of aromatic nitrogens is 4. The van der Waals surface area contributed by atoms with Crippen LogP contribution in [0, 0.1) is 0 Å². The monoisotopic (exact) mass is 774 g/mol. The predicted octanol–water partition coefficient (Wildman–Crippen LogP) is 10.8. The summed E-state index contributed by atoms with van der Waals surface area (Å²) in [5.74, 6) is -0.748. The van der Waals surface area contributed by atoms with Crippen molar-refractivity contribution in [3.05, 3.63) is 162 Å². The molecule has 0 saturated carbocycles. The van der Waals surface area contributed by atoms with E-state index in [0.717, 1.165) is 89.4 Å². The average molecular weight is 775 g/mol. The number of nitrogens with zero attached hydrogens (tertiary/aromatic N) is 2. The molecular formula is C50H38N4O5. The third-order valence-corrected chi connectivity index (χ3v) is 10.2. The highest BCUT2D eigenvalue weighted by Gasteiger charge is 2.19. The molecule has 9 rings (SSSR count). The van der Waals surface area contributed by atoms with Crippen molar-refractivity contribution in [2.75, 3.05) is 20.3 Å². The predicted molar refractivity (Wildman–Crippen MR) is 234 cm³/mol. The Labute approximate surface area is 340 Å². The first-order valence-electron chi connectivity index (χ1n) is 19.3. The zero-order chi connectivity index (χ0) is 40.1. The number of esters is 2. The standard InChI is InChI=1S/C50H38N4O5/c1-57-45(55)31-46(56)59-29-28-58-36-19-11-18-35(30-36)50-43-26-24-41(53-43)48(33-14-7-3-8-15-33)39-22-20-37(51-39)47(32-12-5-2-6-13-32)38-21-23-40(52-38)49(34-16-9-4-10-17-34)42-25-27-44(50)54-42/h2-27,30,51,54H,28-29,31H2,1H3. The van der Waals surface area contributed by atoms with Gasteiger partial charge in [-0.05, 0) is 83.0 Å². The molecule has 0 saturated heterocycles. The molecule has 3 aromatic heterocycles. The lowest BCUT2D eigenvalue weighted by molar-refractivity contribution is -0.153. The molecule has 7 aromatic rings. The number of carbonyl (C=O) groups excluding carboxylic acids is 2. The molecule has 8 bridgehead atoms. The van der Waals surface area contributed by atoms with E-state index in [1.165, 1.54) is 7.11 Å². The minimum atomic E-state index is -0.673. The minimum absolute atomic E-state index is 0.0247. The number of benzene rings is 4. The zero-order valence-electron chi connectivity index (χ0n) is 32.1. The first-order valence-corrected chi connectivity index (χ1v) is 19.3. The lowest BCUT2D eigenvalue weighted by Gasteiger charge is -2.10. The Bertz CT molecular complexity index is 2890. The summed E-state index contributed by atoms with van der Waals surface area (Å²) in [5, 5.41) is 0. The average Bonchev–Trinajstić information content (AvgIpc) is 4.12. The molecular weight excluding hydrogens is 737 g/mol. The van der Waals surface area contributed by atoms with Crippen LogP contribution in [0.25, 0.3) is 90.9 Å². The number of methoxy groups -OCH3 is 1. The topological polar surface area (TPSA) is 119 Å². The van der Waals surface area contributed by atoms with Gasteiger partial charge in [0, 0.05) is 44.3 Å². The lowest BCUT2D eigenvalue weighted by Crippen LogP contribution is -2.16.